The van der Waals surface area contributed by atoms with E-state index < -0.39 is 0 Å². The van der Waals surface area contributed by atoms with Crippen molar-refractivity contribution in [1.82, 2.24) is 0 Å². The van der Waals surface area contributed by atoms with Gasteiger partial charge < -0.3 is 5.73 Å². The summed E-state index contributed by atoms with van der Waals surface area (Å²) in [5.41, 5.74) is 7.22. The molecule has 1 atom stereocenters. The molecule has 1 nitrogen and oxygen atoms in total. The zero-order chi connectivity index (χ0) is 9.42. The van der Waals surface area contributed by atoms with Crippen molar-refractivity contribution in [2.24, 2.45) is 11.7 Å². The molecule has 78 valence electrons. The van der Waals surface area contributed by atoms with Crippen molar-refractivity contribution in [3.8, 4) is 0 Å². The van der Waals surface area contributed by atoms with Crippen molar-refractivity contribution in [2.75, 3.05) is 0 Å². The topological polar surface area (TPSA) is 26.0 Å². The van der Waals surface area contributed by atoms with E-state index in [1.807, 2.05) is 18.2 Å². The van der Waals surface area contributed by atoms with Crippen LogP contribution in [0, 0.1) is 5.92 Å². The maximum atomic E-state index is 6.08. The summed E-state index contributed by atoms with van der Waals surface area (Å²) >= 11 is 9.40. The molecule has 0 spiro atoms. The lowest BCUT2D eigenvalue weighted by Gasteiger charge is -2.12. The van der Waals surface area contributed by atoms with E-state index in [0.29, 0.717) is 5.92 Å². The Morgan fingerprint density at radius 3 is 2.64 bits per heavy atom. The van der Waals surface area contributed by atoms with Gasteiger partial charge in [0.15, 0.2) is 0 Å². The summed E-state index contributed by atoms with van der Waals surface area (Å²) in [6.45, 7) is 0. The highest BCUT2D eigenvalue weighted by molar-refractivity contribution is 9.10. The second-order valence-electron chi connectivity index (χ2n) is 3.53. The molecule has 1 aliphatic rings. The zero-order valence-electron chi connectivity index (χ0n) is 7.54. The van der Waals surface area contributed by atoms with Gasteiger partial charge in [0.2, 0.25) is 0 Å². The van der Waals surface area contributed by atoms with Crippen molar-refractivity contribution in [1.29, 1.82) is 0 Å². The average molecular weight is 297 g/mol. The van der Waals surface area contributed by atoms with Crippen LogP contribution in [-0.2, 0) is 0 Å². The van der Waals surface area contributed by atoms with Gasteiger partial charge in [-0.05, 0) is 42.5 Å². The van der Waals surface area contributed by atoms with E-state index in [1.165, 1.54) is 12.8 Å². The number of rotatable bonds is 2. The van der Waals surface area contributed by atoms with Gasteiger partial charge in [-0.2, -0.15) is 0 Å². The van der Waals surface area contributed by atoms with Crippen molar-refractivity contribution in [3.63, 3.8) is 0 Å². The van der Waals surface area contributed by atoms with E-state index in [4.69, 9.17) is 17.3 Å². The third-order valence-electron chi connectivity index (χ3n) is 2.45. The van der Waals surface area contributed by atoms with Gasteiger partial charge in [0.25, 0.3) is 0 Å². The van der Waals surface area contributed by atoms with Gasteiger partial charge in [-0.15, -0.1) is 12.4 Å². The molecule has 0 heterocycles. The van der Waals surface area contributed by atoms with Gasteiger partial charge in [-0.1, -0.05) is 27.5 Å². The maximum Gasteiger partial charge on any atom is 0.0410 e. The van der Waals surface area contributed by atoms with E-state index in [2.05, 4.69) is 15.9 Å². The third kappa shape index (κ3) is 2.63. The largest absolute Gasteiger partial charge is 0.324 e. The molecule has 0 saturated heterocycles. The number of benzene rings is 1. The summed E-state index contributed by atoms with van der Waals surface area (Å²) in [6.07, 6.45) is 2.50. The van der Waals surface area contributed by atoms with Crippen molar-refractivity contribution >= 4 is 39.9 Å². The average Bonchev–Trinajstić information content (AvgIpc) is 2.91. The lowest BCUT2D eigenvalue weighted by Crippen LogP contribution is -2.12. The number of hydrogen-bond donors (Lipinski definition) is 1. The van der Waals surface area contributed by atoms with Gasteiger partial charge in [-0.3, -0.25) is 0 Å². The Morgan fingerprint density at radius 1 is 1.43 bits per heavy atom. The Bertz CT molecular complexity index is 326. The minimum absolute atomic E-state index is 0. The first-order chi connectivity index (χ1) is 6.18. The summed E-state index contributed by atoms with van der Waals surface area (Å²) in [5, 5.41) is 0.759. The fourth-order valence-corrected chi connectivity index (χ4v) is 2.17. The molecule has 4 heteroatoms. The quantitative estimate of drug-likeness (QED) is 0.879. The summed E-state index contributed by atoms with van der Waals surface area (Å²) in [6, 6.07) is 5.93. The summed E-state index contributed by atoms with van der Waals surface area (Å²) in [4.78, 5) is 0. The van der Waals surface area contributed by atoms with Gasteiger partial charge in [0.05, 0.1) is 0 Å². The standard InChI is InChI=1S/C10H11BrClN.ClH/c11-9-4-3-7(12)5-8(9)10(13)6-1-2-6;/h3-6,10H,1-2,13H2;1H/t10-;/m1./s1. The first-order valence-electron chi connectivity index (χ1n) is 4.39. The predicted molar refractivity (Wildman–Crippen MR) is 66.1 cm³/mol. The second kappa shape index (κ2) is 4.84. The molecule has 14 heavy (non-hydrogen) atoms. The Hall–Kier alpha value is 0.240. The Kier molecular flexibility index (Phi) is 4.26. The Morgan fingerprint density at radius 2 is 2.07 bits per heavy atom. The molecule has 0 bridgehead atoms. The van der Waals surface area contributed by atoms with Crippen LogP contribution < -0.4 is 5.73 Å². The molecule has 2 N–H and O–H groups in total. The monoisotopic (exact) mass is 295 g/mol. The maximum absolute atomic E-state index is 6.08. The highest BCUT2D eigenvalue weighted by Crippen LogP contribution is 2.41. The van der Waals surface area contributed by atoms with Gasteiger partial charge in [0, 0.05) is 15.5 Å². The van der Waals surface area contributed by atoms with E-state index in [0.717, 1.165) is 15.1 Å². The number of hydrogen-bond acceptors (Lipinski definition) is 1. The molecule has 0 unspecified atom stereocenters. The highest BCUT2D eigenvalue weighted by atomic mass is 79.9. The summed E-state index contributed by atoms with van der Waals surface area (Å²) < 4.78 is 1.07. The van der Waals surface area contributed by atoms with Crippen LogP contribution in [0.1, 0.15) is 24.4 Å². The van der Waals surface area contributed by atoms with E-state index in [1.54, 1.807) is 0 Å². The normalized spacial score (nSPS) is 17.4. The first-order valence-corrected chi connectivity index (χ1v) is 5.56. The minimum atomic E-state index is 0. The molecule has 0 amide bonds. The van der Waals surface area contributed by atoms with Crippen LogP contribution in [0.5, 0.6) is 0 Å². The van der Waals surface area contributed by atoms with Gasteiger partial charge >= 0.3 is 0 Å². The molecule has 2 rings (SSSR count). The second-order valence-corrected chi connectivity index (χ2v) is 4.82. The Labute approximate surface area is 104 Å². The van der Waals surface area contributed by atoms with Crippen LogP contribution in [0.2, 0.25) is 5.02 Å². The van der Waals surface area contributed by atoms with Crippen LogP contribution in [0.3, 0.4) is 0 Å². The van der Waals surface area contributed by atoms with Crippen LogP contribution >= 0.6 is 39.9 Å². The number of halogens is 3. The van der Waals surface area contributed by atoms with E-state index >= 15 is 0 Å². The van der Waals surface area contributed by atoms with Crippen LogP contribution in [0.15, 0.2) is 22.7 Å². The summed E-state index contributed by atoms with van der Waals surface area (Å²) in [5.74, 6) is 0.662. The minimum Gasteiger partial charge on any atom is -0.324 e. The predicted octanol–water partition coefficient (Wildman–Crippen LogP) is 3.93. The van der Waals surface area contributed by atoms with Crippen molar-refractivity contribution < 1.29 is 0 Å². The molecular formula is C10H12BrCl2N. The van der Waals surface area contributed by atoms with Crippen molar-refractivity contribution in [3.05, 3.63) is 33.3 Å². The lowest BCUT2D eigenvalue weighted by atomic mass is 10.0. The van der Waals surface area contributed by atoms with Gasteiger partial charge in [0.1, 0.15) is 0 Å². The molecule has 1 aromatic carbocycles. The molecule has 0 aliphatic heterocycles. The van der Waals surface area contributed by atoms with Crippen LogP contribution in [-0.4, -0.2) is 0 Å². The molecular weight excluding hydrogens is 285 g/mol. The lowest BCUT2D eigenvalue weighted by molar-refractivity contribution is 0.631. The fourth-order valence-electron chi connectivity index (χ4n) is 1.48. The van der Waals surface area contributed by atoms with Crippen molar-refractivity contribution in [2.45, 2.75) is 18.9 Å². The van der Waals surface area contributed by atoms with Gasteiger partial charge in [-0.25, -0.2) is 0 Å². The third-order valence-corrected chi connectivity index (χ3v) is 3.40. The Balaban J connectivity index is 0.000000980. The SMILES string of the molecule is Cl.N[C@@H](c1cc(Cl)ccc1Br)C1CC1. The zero-order valence-corrected chi connectivity index (χ0v) is 10.7. The molecule has 1 fully saturated rings. The molecule has 1 saturated carbocycles. The van der Waals surface area contributed by atoms with E-state index in [9.17, 15) is 0 Å². The smallest absolute Gasteiger partial charge is 0.0410 e. The molecule has 1 aromatic rings. The van der Waals surface area contributed by atoms with Crippen LogP contribution in [0.4, 0.5) is 0 Å². The summed E-state index contributed by atoms with van der Waals surface area (Å²) in [7, 11) is 0. The van der Waals surface area contributed by atoms with E-state index in [-0.39, 0.29) is 18.4 Å². The molecule has 1 aliphatic carbocycles. The fraction of sp³-hybridized carbons (Fsp3) is 0.400. The molecule has 0 radical (unpaired) electrons. The molecule has 0 aromatic heterocycles. The van der Waals surface area contributed by atoms with Crippen LogP contribution in [0.25, 0.3) is 0 Å². The first kappa shape index (κ1) is 12.3. The highest BCUT2D eigenvalue weighted by Gasteiger charge is 2.30. The number of nitrogens with two attached hydrogens (primary N) is 1.